The van der Waals surface area contributed by atoms with Crippen molar-refractivity contribution in [1.82, 2.24) is 14.9 Å². The first-order chi connectivity index (χ1) is 18.0. The monoisotopic (exact) mass is 528 g/mol. The highest BCUT2D eigenvalue weighted by atomic mass is 32.1. The van der Waals surface area contributed by atoms with Crippen LogP contribution in [0, 0.1) is 6.92 Å². The quantitative estimate of drug-likeness (QED) is 0.282. The van der Waals surface area contributed by atoms with Gasteiger partial charge in [0.05, 0.1) is 28.9 Å². The normalized spacial score (nSPS) is 13.1. The minimum Gasteiger partial charge on any atom is -0.450 e. The lowest BCUT2D eigenvalue weighted by Gasteiger charge is -2.26. The number of nitrogens with one attached hydrogen (secondary N) is 1. The minimum absolute atomic E-state index is 0.201. The van der Waals surface area contributed by atoms with E-state index in [0.29, 0.717) is 31.7 Å². The van der Waals surface area contributed by atoms with Gasteiger partial charge in [-0.25, -0.2) is 9.78 Å². The average molecular weight is 529 g/mol. The van der Waals surface area contributed by atoms with Gasteiger partial charge in [0.15, 0.2) is 0 Å². The van der Waals surface area contributed by atoms with Crippen LogP contribution in [-0.4, -0.2) is 40.0 Å². The highest BCUT2D eigenvalue weighted by molar-refractivity contribution is 7.23. The Labute approximate surface area is 221 Å². The number of aromatic nitrogens is 2. The second-order valence-corrected chi connectivity index (χ2v) is 11.0. The molecule has 0 saturated carbocycles. The Bertz CT molecular complexity index is 1640. The Hall–Kier alpha value is -3.82. The van der Waals surface area contributed by atoms with Crippen molar-refractivity contribution in [2.75, 3.05) is 18.5 Å². The third kappa shape index (κ3) is 4.45. The number of aryl methyl sites for hydroxylation is 1. The fourth-order valence-electron chi connectivity index (χ4n) is 4.60. The molecule has 37 heavy (non-hydrogen) atoms. The van der Waals surface area contributed by atoms with Crippen LogP contribution >= 0.6 is 22.7 Å². The SMILES string of the molecule is CCOC(=O)N1CCc2c(sc(NC(=O)c3ccc4ccc(C)nc4c3)c2-c2nc3ccccc3s2)C1. The van der Waals surface area contributed by atoms with E-state index >= 15 is 0 Å². The van der Waals surface area contributed by atoms with Gasteiger partial charge >= 0.3 is 6.09 Å². The molecule has 1 aliphatic rings. The van der Waals surface area contributed by atoms with Gasteiger partial charge in [-0.05, 0) is 56.2 Å². The number of hydrogen-bond acceptors (Lipinski definition) is 7. The van der Waals surface area contributed by atoms with Crippen LogP contribution in [0.5, 0.6) is 0 Å². The summed E-state index contributed by atoms with van der Waals surface area (Å²) in [6.45, 7) is 5.09. The molecule has 186 valence electrons. The summed E-state index contributed by atoms with van der Waals surface area (Å²) in [7, 11) is 0. The third-order valence-corrected chi connectivity index (χ3v) is 8.60. The molecule has 0 fully saturated rings. The zero-order valence-corrected chi connectivity index (χ0v) is 22.0. The van der Waals surface area contributed by atoms with Gasteiger partial charge < -0.3 is 15.0 Å². The fourth-order valence-corrected chi connectivity index (χ4v) is 6.97. The predicted octanol–water partition coefficient (Wildman–Crippen LogP) is 6.65. The number of pyridine rings is 1. The molecule has 9 heteroatoms. The van der Waals surface area contributed by atoms with Crippen molar-refractivity contribution in [3.8, 4) is 10.6 Å². The summed E-state index contributed by atoms with van der Waals surface area (Å²) in [6, 6.07) is 17.6. The van der Waals surface area contributed by atoms with E-state index < -0.39 is 0 Å². The van der Waals surface area contributed by atoms with Crippen molar-refractivity contribution in [3.05, 3.63) is 76.3 Å². The van der Waals surface area contributed by atoms with Crippen LogP contribution in [0.25, 0.3) is 31.7 Å². The largest absolute Gasteiger partial charge is 0.450 e. The van der Waals surface area contributed by atoms with E-state index in [1.165, 1.54) is 11.3 Å². The number of para-hydroxylation sites is 1. The number of rotatable bonds is 4. The number of benzene rings is 2. The van der Waals surface area contributed by atoms with Gasteiger partial charge in [-0.3, -0.25) is 9.78 Å². The van der Waals surface area contributed by atoms with Gasteiger partial charge in [0, 0.05) is 33.6 Å². The standard InChI is InChI=1S/C28H24N4O3S2/c1-3-35-28(34)32-13-12-19-23(15-32)37-27(24(19)26-30-20-6-4-5-7-22(20)36-26)31-25(33)18-11-10-17-9-8-16(2)29-21(17)14-18/h4-11,14H,3,12-13,15H2,1-2H3,(H,31,33). The first-order valence-electron chi connectivity index (χ1n) is 12.1. The molecule has 0 radical (unpaired) electrons. The Kier molecular flexibility index (Phi) is 6.10. The van der Waals surface area contributed by atoms with Crippen molar-refractivity contribution in [1.29, 1.82) is 0 Å². The molecule has 7 nitrogen and oxygen atoms in total. The predicted molar refractivity (Wildman–Crippen MR) is 149 cm³/mol. The van der Waals surface area contributed by atoms with Crippen LogP contribution < -0.4 is 5.32 Å². The summed E-state index contributed by atoms with van der Waals surface area (Å²) >= 11 is 3.12. The maximum Gasteiger partial charge on any atom is 0.410 e. The second kappa shape index (κ2) is 9.57. The maximum absolute atomic E-state index is 13.4. The van der Waals surface area contributed by atoms with E-state index in [4.69, 9.17) is 9.72 Å². The smallest absolute Gasteiger partial charge is 0.410 e. The first kappa shape index (κ1) is 23.6. The summed E-state index contributed by atoms with van der Waals surface area (Å²) in [6.07, 6.45) is 0.359. The van der Waals surface area contributed by atoms with Crippen LogP contribution in [0.1, 0.15) is 33.4 Å². The summed E-state index contributed by atoms with van der Waals surface area (Å²) in [5.74, 6) is -0.201. The second-order valence-electron chi connectivity index (χ2n) is 8.88. The van der Waals surface area contributed by atoms with E-state index in [1.807, 2.05) is 55.5 Å². The lowest BCUT2D eigenvalue weighted by molar-refractivity contribution is 0.102. The van der Waals surface area contributed by atoms with Crippen molar-refractivity contribution in [2.45, 2.75) is 26.8 Å². The number of anilines is 1. The minimum atomic E-state index is -0.312. The number of thiophene rings is 1. The number of fused-ring (bicyclic) bond motifs is 3. The molecule has 2 aromatic carbocycles. The number of carbonyl (C=O) groups is 2. The van der Waals surface area contributed by atoms with Gasteiger partial charge in [0.1, 0.15) is 10.0 Å². The molecule has 1 aliphatic heterocycles. The average Bonchev–Trinajstić information content (AvgIpc) is 3.48. The summed E-state index contributed by atoms with van der Waals surface area (Å²) in [5, 5.41) is 5.77. The van der Waals surface area contributed by atoms with Gasteiger partial charge in [-0.15, -0.1) is 22.7 Å². The number of carbonyl (C=O) groups excluding carboxylic acids is 2. The molecule has 0 aliphatic carbocycles. The van der Waals surface area contributed by atoms with E-state index in [2.05, 4.69) is 16.4 Å². The van der Waals surface area contributed by atoms with Crippen LogP contribution in [-0.2, 0) is 17.7 Å². The molecule has 0 spiro atoms. The van der Waals surface area contributed by atoms with Gasteiger partial charge in [0.2, 0.25) is 0 Å². The van der Waals surface area contributed by atoms with Crippen LogP contribution in [0.15, 0.2) is 54.6 Å². The number of nitrogens with zero attached hydrogens (tertiary/aromatic N) is 3. The third-order valence-electron chi connectivity index (χ3n) is 6.41. The number of thiazole rings is 1. The Morgan fingerprint density at radius 1 is 1.05 bits per heavy atom. The zero-order valence-electron chi connectivity index (χ0n) is 20.4. The molecule has 3 aromatic heterocycles. The van der Waals surface area contributed by atoms with E-state index in [9.17, 15) is 9.59 Å². The molecule has 5 aromatic rings. The Morgan fingerprint density at radius 3 is 2.73 bits per heavy atom. The molecule has 6 rings (SSSR count). The fraction of sp³-hybridized carbons (Fsp3) is 0.214. The Morgan fingerprint density at radius 2 is 1.89 bits per heavy atom. The highest BCUT2D eigenvalue weighted by Crippen LogP contribution is 2.46. The Balaban J connectivity index is 1.39. The lowest BCUT2D eigenvalue weighted by atomic mass is 10.0. The molecule has 0 unspecified atom stereocenters. The molecule has 0 saturated heterocycles. The molecule has 2 amide bonds. The lowest BCUT2D eigenvalue weighted by Crippen LogP contribution is -2.35. The van der Waals surface area contributed by atoms with Gasteiger partial charge in [0.25, 0.3) is 5.91 Å². The topological polar surface area (TPSA) is 84.4 Å². The summed E-state index contributed by atoms with van der Waals surface area (Å²) in [5.41, 5.74) is 5.25. The molecular weight excluding hydrogens is 504 g/mol. The summed E-state index contributed by atoms with van der Waals surface area (Å²) < 4.78 is 6.32. The van der Waals surface area contributed by atoms with Crippen molar-refractivity contribution < 1.29 is 14.3 Å². The van der Waals surface area contributed by atoms with Crippen LogP contribution in [0.3, 0.4) is 0 Å². The van der Waals surface area contributed by atoms with Gasteiger partial charge in [-0.1, -0.05) is 24.3 Å². The summed E-state index contributed by atoms with van der Waals surface area (Å²) in [4.78, 5) is 38.1. The van der Waals surface area contributed by atoms with Crippen LogP contribution in [0.4, 0.5) is 9.80 Å². The molecule has 0 bridgehead atoms. The molecule has 4 heterocycles. The zero-order chi connectivity index (χ0) is 25.5. The van der Waals surface area contributed by atoms with Crippen LogP contribution in [0.2, 0.25) is 0 Å². The van der Waals surface area contributed by atoms with Crippen molar-refractivity contribution in [2.24, 2.45) is 0 Å². The number of hydrogen-bond donors (Lipinski definition) is 1. The highest BCUT2D eigenvalue weighted by Gasteiger charge is 2.30. The maximum atomic E-state index is 13.4. The van der Waals surface area contributed by atoms with Crippen molar-refractivity contribution in [3.63, 3.8) is 0 Å². The molecule has 0 atom stereocenters. The molecule has 1 N–H and O–H groups in total. The van der Waals surface area contributed by atoms with Crippen molar-refractivity contribution >= 4 is 60.8 Å². The number of amides is 2. The first-order valence-corrected chi connectivity index (χ1v) is 13.7. The van der Waals surface area contributed by atoms with E-state index in [0.717, 1.165) is 52.8 Å². The van der Waals surface area contributed by atoms with E-state index in [1.54, 1.807) is 23.2 Å². The van der Waals surface area contributed by atoms with Gasteiger partial charge in [-0.2, -0.15) is 0 Å². The van der Waals surface area contributed by atoms with E-state index in [-0.39, 0.29) is 12.0 Å². The number of ether oxygens (including phenoxy) is 1. The molecular formula is C28H24N4O3S2.